The summed E-state index contributed by atoms with van der Waals surface area (Å²) in [7, 11) is 0. The highest BCUT2D eigenvalue weighted by Gasteiger charge is 2.20. The number of benzene rings is 3. The molecule has 2 heterocycles. The molecule has 0 atom stereocenters. The molecule has 0 saturated carbocycles. The molecule has 0 aliphatic carbocycles. The predicted octanol–water partition coefficient (Wildman–Crippen LogP) is 6.12. The van der Waals surface area contributed by atoms with Crippen molar-refractivity contribution in [2.75, 3.05) is 11.2 Å². The van der Waals surface area contributed by atoms with E-state index in [1.807, 2.05) is 80.6 Å². The van der Waals surface area contributed by atoms with Crippen LogP contribution in [0.5, 0.6) is 0 Å². The second kappa shape index (κ2) is 10.7. The van der Waals surface area contributed by atoms with Crippen molar-refractivity contribution in [3.63, 3.8) is 0 Å². The topological polar surface area (TPSA) is 101 Å². The Morgan fingerprint density at radius 3 is 2.11 bits per heavy atom. The number of H-pyrrole nitrogens is 1. The van der Waals surface area contributed by atoms with Gasteiger partial charge in [0.15, 0.2) is 0 Å². The van der Waals surface area contributed by atoms with Crippen molar-refractivity contribution >= 4 is 28.6 Å². The van der Waals surface area contributed by atoms with Gasteiger partial charge in [-0.15, -0.1) is 5.10 Å². The maximum Gasteiger partial charge on any atom is 0.267 e. The van der Waals surface area contributed by atoms with E-state index in [9.17, 15) is 4.79 Å². The van der Waals surface area contributed by atoms with Crippen LogP contribution in [-0.4, -0.2) is 21.3 Å². The highest BCUT2D eigenvalue weighted by atomic mass is 32.1. The normalized spacial score (nSPS) is 12.1. The number of carbonyl (C=O) groups excluding carboxylic acids is 1. The minimum atomic E-state index is -0.236. The van der Waals surface area contributed by atoms with Gasteiger partial charge in [-0.2, -0.15) is 5.10 Å². The predicted molar refractivity (Wildman–Crippen MR) is 156 cm³/mol. The summed E-state index contributed by atoms with van der Waals surface area (Å²) in [6.45, 7) is 5.77. The first-order valence-electron chi connectivity index (χ1n) is 12.2. The lowest BCUT2D eigenvalue weighted by molar-refractivity contribution is 0.102. The average Bonchev–Trinajstić information content (AvgIpc) is 3.45. The first-order valence-corrected chi connectivity index (χ1v) is 13.0. The molecule has 7 nitrogen and oxygen atoms in total. The zero-order valence-electron chi connectivity index (χ0n) is 21.4. The van der Waals surface area contributed by atoms with Crippen LogP contribution < -0.4 is 16.0 Å². The van der Waals surface area contributed by atoms with E-state index < -0.39 is 0 Å². The largest absolute Gasteiger partial charge is 0.358 e. The van der Waals surface area contributed by atoms with E-state index in [2.05, 4.69) is 44.8 Å². The number of nitrogen functional groups attached to an aromatic ring is 1. The first kappa shape index (κ1) is 25.0. The number of aromatic nitrogens is 2. The highest BCUT2D eigenvalue weighted by Crippen LogP contribution is 2.37. The summed E-state index contributed by atoms with van der Waals surface area (Å²) in [4.78, 5) is 17.4. The Morgan fingerprint density at radius 2 is 1.47 bits per heavy atom. The lowest BCUT2D eigenvalue weighted by atomic mass is 9.95. The fourth-order valence-electron chi connectivity index (χ4n) is 4.42. The van der Waals surface area contributed by atoms with Crippen LogP contribution in [0.4, 0.5) is 5.69 Å². The third-order valence-corrected chi connectivity index (χ3v) is 7.43. The highest BCUT2D eigenvalue weighted by molar-refractivity contribution is 7.11. The number of nitrogens with two attached hydrogens (primary N) is 1. The van der Waals surface area contributed by atoms with E-state index in [-0.39, 0.29) is 5.91 Å². The van der Waals surface area contributed by atoms with Crippen molar-refractivity contribution in [3.8, 4) is 22.4 Å². The molecule has 8 heteroatoms. The number of nitrogens with one attached hydrogen (secondary N) is 2. The fourth-order valence-corrected chi connectivity index (χ4v) is 5.30. The summed E-state index contributed by atoms with van der Waals surface area (Å²) < 4.78 is 1.40. The van der Waals surface area contributed by atoms with Gasteiger partial charge in [-0.05, 0) is 44.0 Å². The van der Waals surface area contributed by atoms with Crippen LogP contribution in [0.1, 0.15) is 33.5 Å². The first-order chi connectivity index (χ1) is 18.4. The fraction of sp³-hybridized carbons (Fsp3) is 0.100. The molecule has 0 unspecified atom stereocenters. The van der Waals surface area contributed by atoms with Gasteiger partial charge in [0.1, 0.15) is 4.88 Å². The van der Waals surface area contributed by atoms with Gasteiger partial charge in [0.25, 0.3) is 5.91 Å². The van der Waals surface area contributed by atoms with E-state index in [1.54, 1.807) is 6.92 Å². The van der Waals surface area contributed by atoms with Gasteiger partial charge in [-0.3, -0.25) is 4.79 Å². The molecule has 190 valence electrons. The van der Waals surface area contributed by atoms with Crippen molar-refractivity contribution in [1.82, 2.24) is 9.66 Å². The molecule has 5 rings (SSSR count). The van der Waals surface area contributed by atoms with Crippen molar-refractivity contribution in [1.29, 1.82) is 0 Å². The molecule has 0 aliphatic rings. The number of nitrogens with zero attached hydrogens (tertiary/aromatic N) is 3. The molecule has 0 radical (unpaired) electrons. The second-order valence-electron chi connectivity index (χ2n) is 8.88. The summed E-state index contributed by atoms with van der Waals surface area (Å²) in [6, 6.07) is 29.8. The van der Waals surface area contributed by atoms with Crippen LogP contribution in [0, 0.1) is 13.8 Å². The van der Waals surface area contributed by atoms with Gasteiger partial charge in [0.05, 0.1) is 17.1 Å². The molecule has 0 aliphatic heterocycles. The van der Waals surface area contributed by atoms with E-state index >= 15 is 0 Å². The average molecular weight is 521 g/mol. The molecule has 38 heavy (non-hydrogen) atoms. The Kier molecular flexibility index (Phi) is 7.06. The quantitative estimate of drug-likeness (QED) is 0.143. The maximum atomic E-state index is 12.9. The number of hydrogen-bond donors (Lipinski definition) is 3. The lowest BCUT2D eigenvalue weighted by Gasteiger charge is -2.08. The van der Waals surface area contributed by atoms with Crippen molar-refractivity contribution < 1.29 is 4.79 Å². The number of aryl methyl sites for hydroxylation is 1. The Hall–Kier alpha value is -4.69. The molecular weight excluding hydrogens is 492 g/mol. The monoisotopic (exact) mass is 520 g/mol. The van der Waals surface area contributed by atoms with Crippen LogP contribution in [0.2, 0.25) is 0 Å². The molecule has 2 aromatic heterocycles. The minimum absolute atomic E-state index is 0.236. The van der Waals surface area contributed by atoms with E-state index in [1.165, 1.54) is 16.0 Å². The summed E-state index contributed by atoms with van der Waals surface area (Å²) >= 11 is 1.20. The molecule has 0 saturated heterocycles. The molecule has 5 aromatic rings. The van der Waals surface area contributed by atoms with E-state index in [4.69, 9.17) is 5.84 Å². The van der Waals surface area contributed by atoms with Gasteiger partial charge < -0.3 is 16.1 Å². The van der Waals surface area contributed by atoms with E-state index in [0.29, 0.717) is 21.1 Å². The molecule has 3 aromatic carbocycles. The molecule has 0 bridgehead atoms. The Bertz CT molecular complexity index is 1680. The number of rotatable bonds is 6. The standard InChI is InChI=1S/C30H28N6OS/c1-19-25(26(22-13-7-4-8-14-22)27(32-19)23-15-9-5-10-16-23)20(2)34-35-30-36(31)21(3)28(38-30)29(37)33-24-17-11-6-12-18-24/h4-18,32H,31H2,1-3H3,(H,33,37)/b34-20+,35-30+. The van der Waals surface area contributed by atoms with Crippen LogP contribution in [-0.2, 0) is 0 Å². The molecular formula is C30H28N6OS. The zero-order chi connectivity index (χ0) is 26.6. The smallest absolute Gasteiger partial charge is 0.267 e. The molecule has 4 N–H and O–H groups in total. The molecule has 1 amide bonds. The second-order valence-corrected chi connectivity index (χ2v) is 9.86. The van der Waals surface area contributed by atoms with Crippen molar-refractivity contribution in [2.24, 2.45) is 10.2 Å². The van der Waals surface area contributed by atoms with Gasteiger partial charge >= 0.3 is 0 Å². The molecule has 0 fully saturated rings. The number of anilines is 1. The number of hydrogen-bond acceptors (Lipinski definition) is 5. The third kappa shape index (κ3) is 4.94. The maximum absolute atomic E-state index is 12.9. The summed E-state index contributed by atoms with van der Waals surface area (Å²) in [6.07, 6.45) is 0. The van der Waals surface area contributed by atoms with E-state index in [0.717, 1.165) is 39.4 Å². The van der Waals surface area contributed by atoms with Crippen LogP contribution in [0.25, 0.3) is 22.4 Å². The zero-order valence-corrected chi connectivity index (χ0v) is 22.2. The van der Waals surface area contributed by atoms with Gasteiger partial charge in [0.2, 0.25) is 4.80 Å². The van der Waals surface area contributed by atoms with Gasteiger partial charge in [-0.25, -0.2) is 4.68 Å². The Balaban J connectivity index is 1.56. The van der Waals surface area contributed by atoms with Crippen molar-refractivity contribution in [3.05, 3.63) is 118 Å². The number of aromatic amines is 1. The van der Waals surface area contributed by atoms with Gasteiger partial charge in [0, 0.05) is 22.5 Å². The van der Waals surface area contributed by atoms with Crippen LogP contribution in [0.3, 0.4) is 0 Å². The SMILES string of the molecule is C/C(=N\N=c1\sc(C(=O)Nc2ccccc2)c(C)n1N)c1c(C)[nH]c(-c2ccccc2)c1-c1ccccc1. The lowest BCUT2D eigenvalue weighted by Crippen LogP contribution is -2.24. The molecule has 0 spiro atoms. The van der Waals surface area contributed by atoms with Crippen molar-refractivity contribution in [2.45, 2.75) is 20.8 Å². The minimum Gasteiger partial charge on any atom is -0.358 e. The van der Waals surface area contributed by atoms with Crippen LogP contribution >= 0.6 is 11.3 Å². The number of para-hydroxylation sites is 1. The summed E-state index contributed by atoms with van der Waals surface area (Å²) in [5.74, 6) is 6.03. The summed E-state index contributed by atoms with van der Waals surface area (Å²) in [5, 5.41) is 11.9. The van der Waals surface area contributed by atoms with Crippen LogP contribution in [0.15, 0.2) is 101 Å². The summed E-state index contributed by atoms with van der Waals surface area (Å²) in [5.41, 5.74) is 8.31. The Morgan fingerprint density at radius 1 is 0.895 bits per heavy atom. The number of carbonyl (C=O) groups is 1. The third-order valence-electron chi connectivity index (χ3n) is 6.29. The van der Waals surface area contributed by atoms with Gasteiger partial charge in [-0.1, -0.05) is 90.2 Å². The number of amides is 1. The number of thiazole rings is 1. The Labute approximate surface area is 225 Å².